The molecule has 33 heavy (non-hydrogen) atoms. The molecule has 0 spiro atoms. The van der Waals surface area contributed by atoms with E-state index in [0.717, 1.165) is 9.13 Å². The average molecular weight is 613 g/mol. The molecule has 0 aromatic heterocycles. The molecule has 0 saturated heterocycles. The number of carbonyl (C=O) groups excluding carboxylic acids is 1. The fraction of sp³-hybridized carbons (Fsp3) is 0.0435. The molecule has 0 aliphatic heterocycles. The molecule has 0 unspecified atom stereocenters. The number of hydrogen-bond acceptors (Lipinski definition) is 5. The summed E-state index contributed by atoms with van der Waals surface area (Å²) in [5, 5.41) is 11.9. The van der Waals surface area contributed by atoms with Crippen LogP contribution in [-0.2, 0) is 14.9 Å². The molecule has 0 fully saturated rings. The molecule has 3 aromatic rings. The third-order valence-electron chi connectivity index (χ3n) is 4.30. The minimum Gasteiger partial charge on any atom is -0.376 e. The largest absolute Gasteiger partial charge is 0.376 e. The number of nitrogens with zero attached hydrogens (tertiary/aromatic N) is 1. The average Bonchev–Trinajstić information content (AvgIpc) is 2.76. The van der Waals surface area contributed by atoms with Crippen molar-refractivity contribution in [3.8, 4) is 11.8 Å². The number of anilines is 1. The monoisotopic (exact) mass is 612 g/mol. The van der Waals surface area contributed by atoms with Gasteiger partial charge in [-0.05, 0) is 89.7 Å². The first-order chi connectivity index (χ1) is 15.6. The van der Waals surface area contributed by atoms with Crippen molar-refractivity contribution in [3.05, 3.63) is 91.0 Å². The molecule has 0 atom stereocenters. The van der Waals surface area contributed by atoms with Crippen LogP contribution in [0.2, 0.25) is 10.0 Å². The molecule has 0 saturated carbocycles. The summed E-state index contributed by atoms with van der Waals surface area (Å²) in [5.41, 5.74) is 1.55. The van der Waals surface area contributed by atoms with Crippen LogP contribution in [0.1, 0.15) is 11.1 Å². The Hall–Kier alpha value is -2.58. The lowest BCUT2D eigenvalue weighted by atomic mass is 10.1. The number of rotatable bonds is 6. The van der Waals surface area contributed by atoms with E-state index in [0.29, 0.717) is 11.3 Å². The van der Waals surface area contributed by atoms with E-state index in [9.17, 15) is 18.5 Å². The van der Waals surface area contributed by atoms with Crippen molar-refractivity contribution in [2.24, 2.45) is 0 Å². The molecule has 0 radical (unpaired) electrons. The second kappa shape index (κ2) is 10.6. The van der Waals surface area contributed by atoms with Crippen LogP contribution in [0.3, 0.4) is 0 Å². The topological polar surface area (TPSA) is 96.3 Å². The lowest BCUT2D eigenvalue weighted by Gasteiger charge is -2.11. The number of halogens is 3. The van der Waals surface area contributed by atoms with E-state index in [-0.39, 0.29) is 26.3 Å². The summed E-state index contributed by atoms with van der Waals surface area (Å²) in [6.45, 7) is 1.83. The summed E-state index contributed by atoms with van der Waals surface area (Å²) in [4.78, 5) is 12.4. The SMILES string of the molecule is Cc1ccc(S(=O)(=O)Oc2c(Cl)cc(/C=C(\C#N)C(=O)Nc3ccc(I)cc3)cc2Cl)cc1. The molecule has 3 aromatic carbocycles. The van der Waals surface area contributed by atoms with Crippen LogP contribution in [0.5, 0.6) is 5.75 Å². The molecule has 0 heterocycles. The van der Waals surface area contributed by atoms with Crippen molar-refractivity contribution in [3.63, 3.8) is 0 Å². The lowest BCUT2D eigenvalue weighted by Crippen LogP contribution is -2.13. The quantitative estimate of drug-likeness (QED) is 0.154. The Morgan fingerprint density at radius 3 is 2.18 bits per heavy atom. The second-order valence-electron chi connectivity index (χ2n) is 6.80. The molecule has 0 bridgehead atoms. The highest BCUT2D eigenvalue weighted by Gasteiger charge is 2.21. The number of hydrogen-bond donors (Lipinski definition) is 1. The molecular weight excluding hydrogens is 598 g/mol. The maximum Gasteiger partial charge on any atom is 0.339 e. The molecule has 3 rings (SSSR count). The summed E-state index contributed by atoms with van der Waals surface area (Å²) in [7, 11) is -4.17. The first kappa shape index (κ1) is 25.1. The first-order valence-corrected chi connectivity index (χ1v) is 12.5. The molecule has 168 valence electrons. The predicted molar refractivity (Wildman–Crippen MR) is 137 cm³/mol. The Morgan fingerprint density at radius 1 is 1.06 bits per heavy atom. The summed E-state index contributed by atoms with van der Waals surface area (Å²) in [5.74, 6) is -0.869. The van der Waals surface area contributed by atoms with E-state index in [1.54, 1.807) is 24.3 Å². The lowest BCUT2D eigenvalue weighted by molar-refractivity contribution is -0.112. The molecular formula is C23H15Cl2IN2O4S. The van der Waals surface area contributed by atoms with Gasteiger partial charge in [-0.1, -0.05) is 40.9 Å². The van der Waals surface area contributed by atoms with Crippen molar-refractivity contribution < 1.29 is 17.4 Å². The van der Waals surface area contributed by atoms with Crippen LogP contribution in [0.4, 0.5) is 5.69 Å². The number of aryl methyl sites for hydroxylation is 1. The van der Waals surface area contributed by atoms with Gasteiger partial charge in [0.2, 0.25) is 0 Å². The van der Waals surface area contributed by atoms with E-state index in [1.807, 2.05) is 25.1 Å². The standard InChI is InChI=1S/C23H15Cl2IN2O4S/c1-14-2-8-19(9-3-14)33(30,31)32-22-20(24)11-15(12-21(22)25)10-16(13-27)23(29)28-18-6-4-17(26)5-7-18/h2-12H,1H3,(H,28,29)/b16-10+. The maximum absolute atomic E-state index is 12.6. The highest BCUT2D eigenvalue weighted by Crippen LogP contribution is 2.37. The zero-order chi connectivity index (χ0) is 24.2. The van der Waals surface area contributed by atoms with E-state index < -0.39 is 16.0 Å². The Morgan fingerprint density at radius 2 is 1.64 bits per heavy atom. The van der Waals surface area contributed by atoms with Crippen molar-refractivity contribution in [1.29, 1.82) is 5.26 Å². The number of amides is 1. The van der Waals surface area contributed by atoms with Crippen LogP contribution in [0.15, 0.2) is 71.1 Å². The number of carbonyl (C=O) groups is 1. The summed E-state index contributed by atoms with van der Waals surface area (Å²) < 4.78 is 31.3. The van der Waals surface area contributed by atoms with Gasteiger partial charge in [0.1, 0.15) is 16.5 Å². The minimum absolute atomic E-state index is 0.0526. The van der Waals surface area contributed by atoms with Crippen molar-refractivity contribution in [2.75, 3.05) is 5.32 Å². The Labute approximate surface area is 215 Å². The molecule has 0 aliphatic rings. The van der Waals surface area contributed by atoms with Crippen molar-refractivity contribution in [2.45, 2.75) is 11.8 Å². The Balaban J connectivity index is 1.85. The molecule has 10 heteroatoms. The van der Waals surface area contributed by atoms with Gasteiger partial charge in [0.25, 0.3) is 5.91 Å². The minimum atomic E-state index is -4.17. The van der Waals surface area contributed by atoms with E-state index in [1.165, 1.54) is 30.3 Å². The number of nitrogens with one attached hydrogen (secondary N) is 1. The van der Waals surface area contributed by atoms with E-state index in [4.69, 9.17) is 27.4 Å². The van der Waals surface area contributed by atoms with Gasteiger partial charge >= 0.3 is 10.1 Å². The predicted octanol–water partition coefficient (Wildman–Crippen LogP) is 6.22. The summed E-state index contributed by atoms with van der Waals surface area (Å²) in [6.07, 6.45) is 1.29. The highest BCUT2D eigenvalue weighted by molar-refractivity contribution is 14.1. The van der Waals surface area contributed by atoms with Crippen LogP contribution in [0, 0.1) is 21.8 Å². The van der Waals surface area contributed by atoms with Crippen molar-refractivity contribution >= 4 is 73.6 Å². The summed E-state index contributed by atoms with van der Waals surface area (Å²) >= 11 is 14.6. The number of nitriles is 1. The van der Waals surface area contributed by atoms with Crippen LogP contribution < -0.4 is 9.50 Å². The Bertz CT molecular complexity index is 1360. The van der Waals surface area contributed by atoms with Gasteiger partial charge in [-0.3, -0.25) is 4.79 Å². The van der Waals surface area contributed by atoms with Gasteiger partial charge in [-0.2, -0.15) is 13.7 Å². The van der Waals surface area contributed by atoms with Crippen LogP contribution in [-0.4, -0.2) is 14.3 Å². The van der Waals surface area contributed by atoms with Gasteiger partial charge in [0.05, 0.1) is 10.0 Å². The third kappa shape index (κ3) is 6.48. The van der Waals surface area contributed by atoms with E-state index >= 15 is 0 Å². The first-order valence-electron chi connectivity index (χ1n) is 9.28. The second-order valence-corrected chi connectivity index (χ2v) is 10.4. The maximum atomic E-state index is 12.6. The van der Waals surface area contributed by atoms with Crippen LogP contribution in [0.25, 0.3) is 6.08 Å². The van der Waals surface area contributed by atoms with Crippen molar-refractivity contribution in [1.82, 2.24) is 0 Å². The van der Waals surface area contributed by atoms with Gasteiger partial charge < -0.3 is 9.50 Å². The third-order valence-corrected chi connectivity index (χ3v) is 6.82. The van der Waals surface area contributed by atoms with Crippen LogP contribution >= 0.6 is 45.8 Å². The molecule has 0 aliphatic carbocycles. The van der Waals surface area contributed by atoms with Gasteiger partial charge in [-0.25, -0.2) is 0 Å². The smallest absolute Gasteiger partial charge is 0.339 e. The number of benzene rings is 3. The fourth-order valence-corrected chi connectivity index (χ4v) is 4.65. The fourth-order valence-electron chi connectivity index (χ4n) is 2.65. The van der Waals surface area contributed by atoms with E-state index in [2.05, 4.69) is 27.9 Å². The molecule has 6 nitrogen and oxygen atoms in total. The zero-order valence-electron chi connectivity index (χ0n) is 17.0. The normalized spacial score (nSPS) is 11.5. The van der Waals surface area contributed by atoms with Gasteiger partial charge in [0, 0.05) is 9.26 Å². The van der Waals surface area contributed by atoms with Gasteiger partial charge in [0.15, 0.2) is 5.75 Å². The zero-order valence-corrected chi connectivity index (χ0v) is 21.5. The molecule has 1 N–H and O–H groups in total. The molecule has 1 amide bonds. The summed E-state index contributed by atoms with van der Waals surface area (Å²) in [6, 6.07) is 17.7. The highest BCUT2D eigenvalue weighted by atomic mass is 127. The Kier molecular flexibility index (Phi) is 8.02. The van der Waals surface area contributed by atoms with Gasteiger partial charge in [-0.15, -0.1) is 0 Å².